The number of hydrogen-bond acceptors (Lipinski definition) is 2. The number of alkyl halides is 3. The lowest BCUT2D eigenvalue weighted by atomic mass is 11.3. The zero-order valence-corrected chi connectivity index (χ0v) is 9.42. The average molecular weight is 224 g/mol. The largest absolute Gasteiger partial charge is 0.360 e. The second-order valence-electron chi connectivity index (χ2n) is 1.72. The maximum atomic E-state index is 5.52. The van der Waals surface area contributed by atoms with Gasteiger partial charge >= 0.3 is 0 Å². The molecule has 0 bridgehead atoms. The van der Waals surface area contributed by atoms with E-state index in [2.05, 4.69) is 0 Å². The lowest BCUT2D eigenvalue weighted by Gasteiger charge is -2.17. The van der Waals surface area contributed by atoms with Crippen LogP contribution in [0.4, 0.5) is 0 Å². The minimum atomic E-state index is -1.17. The van der Waals surface area contributed by atoms with Crippen LogP contribution in [0.2, 0.25) is 0 Å². The molecule has 0 aromatic rings. The van der Waals surface area contributed by atoms with Crippen molar-refractivity contribution in [1.29, 1.82) is 0 Å². The third-order valence-electron chi connectivity index (χ3n) is 0.924. The first kappa shape index (κ1) is 11.0. The summed E-state index contributed by atoms with van der Waals surface area (Å²) in [6, 6.07) is 0. The Morgan fingerprint density at radius 3 is 1.70 bits per heavy atom. The SMILES string of the molecule is COC(OC)[SiH2]C(Cl)(Cl)Cl. The van der Waals surface area contributed by atoms with Gasteiger partial charge in [0.2, 0.25) is 0 Å². The van der Waals surface area contributed by atoms with Crippen molar-refractivity contribution in [3.63, 3.8) is 0 Å². The van der Waals surface area contributed by atoms with E-state index < -0.39 is 12.9 Å². The van der Waals surface area contributed by atoms with Crippen molar-refractivity contribution >= 4 is 44.3 Å². The van der Waals surface area contributed by atoms with Crippen molar-refractivity contribution in [3.8, 4) is 0 Å². The number of hydrogen-bond donors (Lipinski definition) is 0. The molecule has 0 aliphatic rings. The highest BCUT2D eigenvalue weighted by Gasteiger charge is 2.26. The van der Waals surface area contributed by atoms with E-state index in [0.29, 0.717) is 0 Å². The maximum absolute atomic E-state index is 5.52. The van der Waals surface area contributed by atoms with Crippen LogP contribution in [0.5, 0.6) is 0 Å². The van der Waals surface area contributed by atoms with E-state index in [0.717, 1.165) is 0 Å². The Kier molecular flexibility index (Phi) is 5.28. The first-order chi connectivity index (χ1) is 4.49. The van der Waals surface area contributed by atoms with Crippen LogP contribution in [0.1, 0.15) is 0 Å². The van der Waals surface area contributed by atoms with Crippen LogP contribution in [0.15, 0.2) is 0 Å². The Bertz CT molecular complexity index is 91.0. The van der Waals surface area contributed by atoms with Crippen LogP contribution in [0.25, 0.3) is 0 Å². The predicted molar refractivity (Wildman–Crippen MR) is 46.6 cm³/mol. The molecule has 2 nitrogen and oxygen atoms in total. The second kappa shape index (κ2) is 4.80. The highest BCUT2D eigenvalue weighted by Crippen LogP contribution is 2.25. The monoisotopic (exact) mass is 222 g/mol. The van der Waals surface area contributed by atoms with Crippen LogP contribution in [0.3, 0.4) is 0 Å². The van der Waals surface area contributed by atoms with Gasteiger partial charge in [-0.15, -0.1) is 0 Å². The van der Waals surface area contributed by atoms with Crippen molar-refractivity contribution in [2.24, 2.45) is 0 Å². The van der Waals surface area contributed by atoms with Crippen LogP contribution in [-0.2, 0) is 9.47 Å². The van der Waals surface area contributed by atoms with Crippen molar-refractivity contribution < 1.29 is 9.47 Å². The number of rotatable bonds is 3. The Morgan fingerprint density at radius 2 is 1.60 bits per heavy atom. The summed E-state index contributed by atoms with van der Waals surface area (Å²) in [5, 5.41) is 0. The lowest BCUT2D eigenvalue weighted by molar-refractivity contribution is -0.0441. The summed E-state index contributed by atoms with van der Waals surface area (Å²) in [5.41, 5.74) is 0. The van der Waals surface area contributed by atoms with Crippen molar-refractivity contribution in [2.75, 3.05) is 14.2 Å². The van der Waals surface area contributed by atoms with Gasteiger partial charge in [-0.3, -0.25) is 0 Å². The van der Waals surface area contributed by atoms with Gasteiger partial charge < -0.3 is 9.47 Å². The molecule has 10 heavy (non-hydrogen) atoms. The van der Waals surface area contributed by atoms with Crippen LogP contribution < -0.4 is 0 Å². The molecule has 0 aliphatic heterocycles. The van der Waals surface area contributed by atoms with Gasteiger partial charge in [0.25, 0.3) is 0 Å². The molecule has 0 N–H and O–H groups in total. The Hall–Kier alpha value is 1.01. The minimum Gasteiger partial charge on any atom is -0.360 e. The molecule has 6 heteroatoms. The smallest absolute Gasteiger partial charge is 0.175 e. The van der Waals surface area contributed by atoms with E-state index in [-0.39, 0.29) is 5.91 Å². The molecule has 62 valence electrons. The van der Waals surface area contributed by atoms with E-state index in [1.165, 1.54) is 14.2 Å². The normalized spacial score (nSPS) is 13.8. The summed E-state index contributed by atoms with van der Waals surface area (Å²) in [6.07, 6.45) is 0. The van der Waals surface area contributed by atoms with Crippen LogP contribution >= 0.6 is 34.8 Å². The molecule has 0 radical (unpaired) electrons. The van der Waals surface area contributed by atoms with Gasteiger partial charge in [0.05, 0.1) is 0 Å². The second-order valence-corrected chi connectivity index (χ2v) is 7.72. The van der Waals surface area contributed by atoms with Crippen molar-refractivity contribution in [3.05, 3.63) is 0 Å². The van der Waals surface area contributed by atoms with Crippen molar-refractivity contribution in [2.45, 2.75) is 9.33 Å². The summed E-state index contributed by atoms with van der Waals surface area (Å²) >= 11 is 16.6. The van der Waals surface area contributed by atoms with Gasteiger partial charge in [0, 0.05) is 14.2 Å². The van der Waals surface area contributed by atoms with E-state index in [1.807, 2.05) is 0 Å². The molecule has 0 aromatic carbocycles. The Balaban J connectivity index is 3.63. The number of methoxy groups -OCH3 is 2. The molecule has 0 unspecified atom stereocenters. The fourth-order valence-electron chi connectivity index (χ4n) is 0.452. The third kappa shape index (κ3) is 5.77. The summed E-state index contributed by atoms with van der Waals surface area (Å²) in [7, 11) is 2.07. The van der Waals surface area contributed by atoms with Crippen LogP contribution in [0, 0.1) is 0 Å². The summed E-state index contributed by atoms with van der Waals surface area (Å²) in [5.74, 6) is -0.313. The molecule has 0 atom stereocenters. The Morgan fingerprint density at radius 1 is 1.20 bits per heavy atom. The molecule has 0 rings (SSSR count). The molecule has 0 aliphatic carbocycles. The maximum Gasteiger partial charge on any atom is 0.175 e. The Labute approximate surface area is 77.5 Å². The molecular formula is C4H9Cl3O2Si. The van der Waals surface area contributed by atoms with Crippen molar-refractivity contribution in [1.82, 2.24) is 0 Å². The summed E-state index contributed by atoms with van der Waals surface area (Å²) < 4.78 is 8.55. The first-order valence-corrected chi connectivity index (χ1v) is 5.27. The number of halogens is 3. The molecule has 0 amide bonds. The predicted octanol–water partition coefficient (Wildman–Crippen LogP) is 1.06. The molecular weight excluding hydrogens is 214 g/mol. The highest BCUT2D eigenvalue weighted by atomic mass is 35.6. The van der Waals surface area contributed by atoms with E-state index in [4.69, 9.17) is 44.3 Å². The third-order valence-corrected chi connectivity index (χ3v) is 3.78. The van der Waals surface area contributed by atoms with Gasteiger partial charge in [-0.25, -0.2) is 0 Å². The first-order valence-electron chi connectivity index (χ1n) is 2.62. The molecule has 0 saturated carbocycles. The fraction of sp³-hybridized carbons (Fsp3) is 1.00. The number of ether oxygens (including phenoxy) is 2. The van der Waals surface area contributed by atoms with Crippen LogP contribution in [-0.4, -0.2) is 33.1 Å². The van der Waals surface area contributed by atoms with Gasteiger partial charge in [-0.05, 0) is 0 Å². The summed E-state index contributed by atoms with van der Waals surface area (Å²) in [4.78, 5) is 0. The van der Waals surface area contributed by atoms with E-state index in [1.54, 1.807) is 0 Å². The fourth-order valence-corrected chi connectivity index (χ4v) is 2.30. The topological polar surface area (TPSA) is 18.5 Å². The molecule has 0 saturated heterocycles. The summed E-state index contributed by atoms with van der Waals surface area (Å²) in [6.45, 7) is 0. The van der Waals surface area contributed by atoms with Gasteiger partial charge in [0.15, 0.2) is 12.9 Å². The quantitative estimate of drug-likeness (QED) is 0.405. The van der Waals surface area contributed by atoms with Gasteiger partial charge in [-0.1, -0.05) is 34.8 Å². The van der Waals surface area contributed by atoms with E-state index >= 15 is 0 Å². The molecule has 0 heterocycles. The van der Waals surface area contributed by atoms with Gasteiger partial charge in [0.1, 0.15) is 5.91 Å². The highest BCUT2D eigenvalue weighted by molar-refractivity contribution is 6.87. The average Bonchev–Trinajstić information content (AvgIpc) is 1.81. The van der Waals surface area contributed by atoms with E-state index in [9.17, 15) is 0 Å². The minimum absolute atomic E-state index is 0.313. The lowest BCUT2D eigenvalue weighted by Crippen LogP contribution is -2.31. The molecule has 0 aromatic heterocycles. The zero-order valence-electron chi connectivity index (χ0n) is 5.73. The van der Waals surface area contributed by atoms with Gasteiger partial charge in [-0.2, -0.15) is 0 Å². The molecule has 0 spiro atoms. The standard InChI is InChI=1S/C4H9Cl3O2Si/c1-8-3(9-2)10-4(5,6)7/h3H,10H2,1-2H3. The zero-order chi connectivity index (χ0) is 8.20. The molecule has 0 fully saturated rings.